The first-order valence-corrected chi connectivity index (χ1v) is 6.43. The Bertz CT molecular complexity index is 513. The number of benzene rings is 1. The molecule has 20 heavy (non-hydrogen) atoms. The van der Waals surface area contributed by atoms with Crippen molar-refractivity contribution in [3.63, 3.8) is 0 Å². The Morgan fingerprint density at radius 3 is 2.50 bits per heavy atom. The second kappa shape index (κ2) is 5.98. The molecule has 1 saturated heterocycles. The predicted octanol–water partition coefficient (Wildman–Crippen LogP) is 2.29. The van der Waals surface area contributed by atoms with E-state index >= 15 is 0 Å². The van der Waals surface area contributed by atoms with E-state index in [2.05, 4.69) is 0 Å². The van der Waals surface area contributed by atoms with Crippen LogP contribution in [0.1, 0.15) is 29.6 Å². The van der Waals surface area contributed by atoms with Gasteiger partial charge >= 0.3 is 5.97 Å². The summed E-state index contributed by atoms with van der Waals surface area (Å²) in [4.78, 5) is 24.1. The molecular formula is C14H15F2NO3. The van der Waals surface area contributed by atoms with Gasteiger partial charge in [-0.05, 0) is 30.9 Å². The Kier molecular flexibility index (Phi) is 4.32. The number of carbonyl (C=O) groups excluding carboxylic acids is 1. The second-order valence-electron chi connectivity index (χ2n) is 5.00. The topological polar surface area (TPSA) is 57.6 Å². The Labute approximate surface area is 115 Å². The number of carboxylic acids is 1. The summed E-state index contributed by atoms with van der Waals surface area (Å²) in [5.74, 6) is -2.71. The van der Waals surface area contributed by atoms with E-state index in [0.29, 0.717) is 19.5 Å². The maximum Gasteiger partial charge on any atom is 0.303 e. The lowest BCUT2D eigenvalue weighted by atomic mass is 10.0. The van der Waals surface area contributed by atoms with Gasteiger partial charge in [-0.2, -0.15) is 0 Å². The zero-order chi connectivity index (χ0) is 14.7. The van der Waals surface area contributed by atoms with Crippen molar-refractivity contribution < 1.29 is 23.5 Å². The third-order valence-corrected chi connectivity index (χ3v) is 3.45. The molecule has 1 N–H and O–H groups in total. The van der Waals surface area contributed by atoms with Crippen molar-refractivity contribution in [3.05, 3.63) is 35.4 Å². The van der Waals surface area contributed by atoms with Crippen molar-refractivity contribution in [1.82, 2.24) is 4.90 Å². The van der Waals surface area contributed by atoms with Crippen molar-refractivity contribution in [2.75, 3.05) is 13.1 Å². The molecule has 6 heteroatoms. The third kappa shape index (κ3) is 3.53. The van der Waals surface area contributed by atoms with Crippen LogP contribution < -0.4 is 0 Å². The van der Waals surface area contributed by atoms with Gasteiger partial charge in [0.2, 0.25) is 0 Å². The van der Waals surface area contributed by atoms with Gasteiger partial charge in [-0.3, -0.25) is 9.59 Å². The van der Waals surface area contributed by atoms with Crippen molar-refractivity contribution in [1.29, 1.82) is 0 Å². The van der Waals surface area contributed by atoms with Crippen LogP contribution in [0.2, 0.25) is 0 Å². The number of carbonyl (C=O) groups is 2. The molecule has 0 aliphatic carbocycles. The Morgan fingerprint density at radius 2 is 1.90 bits per heavy atom. The van der Waals surface area contributed by atoms with Gasteiger partial charge in [0.25, 0.3) is 5.91 Å². The molecule has 0 saturated carbocycles. The molecule has 4 nitrogen and oxygen atoms in total. The third-order valence-electron chi connectivity index (χ3n) is 3.45. The second-order valence-corrected chi connectivity index (χ2v) is 5.00. The van der Waals surface area contributed by atoms with Crippen molar-refractivity contribution in [2.24, 2.45) is 5.92 Å². The van der Waals surface area contributed by atoms with Gasteiger partial charge in [0.05, 0.1) is 0 Å². The molecule has 1 amide bonds. The van der Waals surface area contributed by atoms with Crippen LogP contribution in [0.5, 0.6) is 0 Å². The minimum atomic E-state index is -0.859. The fourth-order valence-electron chi connectivity index (χ4n) is 2.44. The van der Waals surface area contributed by atoms with Crippen LogP contribution in [0, 0.1) is 17.6 Å². The standard InChI is InChI=1S/C14H15F2NO3/c15-11-5-10(6-12(16)7-11)14(20)17-4-3-9(8-17)1-2-13(18)19/h5-7,9H,1-4,8H2,(H,18,19). The highest BCUT2D eigenvalue weighted by Crippen LogP contribution is 2.23. The molecule has 1 fully saturated rings. The summed E-state index contributed by atoms with van der Waals surface area (Å²) in [6.07, 6.45) is 1.30. The van der Waals surface area contributed by atoms with E-state index in [1.54, 1.807) is 0 Å². The van der Waals surface area contributed by atoms with E-state index in [9.17, 15) is 18.4 Å². The maximum absolute atomic E-state index is 13.1. The van der Waals surface area contributed by atoms with Crippen LogP contribution in [-0.4, -0.2) is 35.0 Å². The molecule has 1 aromatic carbocycles. The van der Waals surface area contributed by atoms with E-state index in [4.69, 9.17) is 5.11 Å². The van der Waals surface area contributed by atoms with E-state index in [0.717, 1.165) is 24.6 Å². The molecule has 1 unspecified atom stereocenters. The number of likely N-dealkylation sites (tertiary alicyclic amines) is 1. The number of carboxylic acid groups (broad SMARTS) is 1. The molecule has 108 valence electrons. The van der Waals surface area contributed by atoms with Gasteiger partial charge < -0.3 is 10.0 Å². The molecule has 1 heterocycles. The molecule has 0 spiro atoms. The van der Waals surface area contributed by atoms with Crippen LogP contribution in [0.15, 0.2) is 18.2 Å². The Morgan fingerprint density at radius 1 is 1.25 bits per heavy atom. The quantitative estimate of drug-likeness (QED) is 0.922. The molecule has 0 radical (unpaired) electrons. The zero-order valence-electron chi connectivity index (χ0n) is 10.8. The number of amides is 1. The lowest BCUT2D eigenvalue weighted by molar-refractivity contribution is -0.137. The van der Waals surface area contributed by atoms with Gasteiger partial charge in [0.15, 0.2) is 0 Å². The molecule has 1 atom stereocenters. The number of halogens is 2. The summed E-state index contributed by atoms with van der Waals surface area (Å²) in [5, 5.41) is 8.62. The first-order chi connectivity index (χ1) is 9.45. The normalized spacial score (nSPS) is 18.3. The molecular weight excluding hydrogens is 268 g/mol. The minimum absolute atomic E-state index is 0.0126. The highest BCUT2D eigenvalue weighted by Gasteiger charge is 2.27. The lowest BCUT2D eigenvalue weighted by Crippen LogP contribution is -2.29. The molecule has 2 rings (SSSR count). The van der Waals surface area contributed by atoms with Crippen LogP contribution in [0.3, 0.4) is 0 Å². The summed E-state index contributed by atoms with van der Waals surface area (Å²) >= 11 is 0. The van der Waals surface area contributed by atoms with E-state index in [1.807, 2.05) is 0 Å². The van der Waals surface area contributed by atoms with Crippen LogP contribution in [-0.2, 0) is 4.79 Å². The fraction of sp³-hybridized carbons (Fsp3) is 0.429. The number of hydrogen-bond donors (Lipinski definition) is 1. The average Bonchev–Trinajstić information content (AvgIpc) is 2.83. The zero-order valence-corrected chi connectivity index (χ0v) is 10.8. The molecule has 1 aliphatic heterocycles. The Hall–Kier alpha value is -1.98. The maximum atomic E-state index is 13.1. The van der Waals surface area contributed by atoms with Crippen LogP contribution in [0.4, 0.5) is 8.78 Å². The summed E-state index contributed by atoms with van der Waals surface area (Å²) in [7, 11) is 0. The van der Waals surface area contributed by atoms with Gasteiger partial charge in [0, 0.05) is 31.1 Å². The van der Waals surface area contributed by atoms with Gasteiger partial charge in [0.1, 0.15) is 11.6 Å². The Balaban J connectivity index is 1.98. The van der Waals surface area contributed by atoms with Gasteiger partial charge in [-0.1, -0.05) is 0 Å². The van der Waals surface area contributed by atoms with Gasteiger partial charge in [-0.15, -0.1) is 0 Å². The smallest absolute Gasteiger partial charge is 0.303 e. The van der Waals surface area contributed by atoms with Crippen molar-refractivity contribution in [3.8, 4) is 0 Å². The SMILES string of the molecule is O=C(O)CCC1CCN(C(=O)c2cc(F)cc(F)c2)C1. The molecule has 0 aromatic heterocycles. The fourth-order valence-corrected chi connectivity index (χ4v) is 2.44. The van der Waals surface area contributed by atoms with E-state index < -0.39 is 23.5 Å². The monoisotopic (exact) mass is 283 g/mol. The minimum Gasteiger partial charge on any atom is -0.481 e. The number of nitrogens with zero attached hydrogens (tertiary/aromatic N) is 1. The highest BCUT2D eigenvalue weighted by molar-refractivity contribution is 5.94. The van der Waals surface area contributed by atoms with Crippen molar-refractivity contribution >= 4 is 11.9 Å². The lowest BCUT2D eigenvalue weighted by Gasteiger charge is -2.16. The van der Waals surface area contributed by atoms with Crippen LogP contribution in [0.25, 0.3) is 0 Å². The summed E-state index contributed by atoms with van der Waals surface area (Å²) in [6.45, 7) is 0.922. The number of rotatable bonds is 4. The summed E-state index contributed by atoms with van der Waals surface area (Å²) in [6, 6.07) is 2.74. The average molecular weight is 283 g/mol. The largest absolute Gasteiger partial charge is 0.481 e. The molecule has 1 aromatic rings. The summed E-state index contributed by atoms with van der Waals surface area (Å²) < 4.78 is 26.2. The first kappa shape index (κ1) is 14.4. The highest BCUT2D eigenvalue weighted by atomic mass is 19.1. The van der Waals surface area contributed by atoms with Gasteiger partial charge in [-0.25, -0.2) is 8.78 Å². The first-order valence-electron chi connectivity index (χ1n) is 6.43. The number of hydrogen-bond acceptors (Lipinski definition) is 2. The molecule has 1 aliphatic rings. The summed E-state index contributed by atoms with van der Waals surface area (Å²) in [5.41, 5.74) is -0.0126. The predicted molar refractivity (Wildman–Crippen MR) is 67.2 cm³/mol. The van der Waals surface area contributed by atoms with Crippen molar-refractivity contribution in [2.45, 2.75) is 19.3 Å². The van der Waals surface area contributed by atoms with Crippen LogP contribution >= 0.6 is 0 Å². The molecule has 0 bridgehead atoms. The number of aliphatic carboxylic acids is 1. The van der Waals surface area contributed by atoms with E-state index in [1.165, 1.54) is 4.90 Å². The van der Waals surface area contributed by atoms with E-state index in [-0.39, 0.29) is 17.9 Å².